The molecular formula is C26H36N2O4. The van der Waals surface area contributed by atoms with E-state index in [2.05, 4.69) is 41.1 Å². The van der Waals surface area contributed by atoms with Gasteiger partial charge in [0, 0.05) is 19.1 Å². The molecule has 0 radical (unpaired) electrons. The summed E-state index contributed by atoms with van der Waals surface area (Å²) < 4.78 is 22.5. The monoisotopic (exact) mass is 440 g/mol. The second-order valence-corrected chi connectivity index (χ2v) is 8.82. The van der Waals surface area contributed by atoms with Crippen LogP contribution in [0.5, 0.6) is 23.0 Å². The molecule has 2 aliphatic rings. The molecule has 0 saturated carbocycles. The summed E-state index contributed by atoms with van der Waals surface area (Å²) in [7, 11) is 9.04. The number of likely N-dealkylation sites (tertiary alicyclic amines) is 1. The van der Waals surface area contributed by atoms with Crippen LogP contribution in [-0.2, 0) is 19.4 Å². The molecule has 1 unspecified atom stereocenters. The number of fused-ring (bicyclic) bond motifs is 1. The molecule has 0 aliphatic carbocycles. The molecule has 0 amide bonds. The summed E-state index contributed by atoms with van der Waals surface area (Å²) in [6, 6.07) is 8.91. The Morgan fingerprint density at radius 3 is 1.94 bits per heavy atom. The summed E-state index contributed by atoms with van der Waals surface area (Å²) in [5, 5.41) is 0. The quantitative estimate of drug-likeness (QED) is 0.616. The summed E-state index contributed by atoms with van der Waals surface area (Å²) in [5.74, 6) is 3.18. The lowest BCUT2D eigenvalue weighted by Crippen LogP contribution is -2.34. The molecule has 2 aliphatic heterocycles. The molecule has 1 fully saturated rings. The molecule has 2 aromatic carbocycles. The minimum absolute atomic E-state index is 0.258. The van der Waals surface area contributed by atoms with Crippen molar-refractivity contribution >= 4 is 0 Å². The van der Waals surface area contributed by atoms with Crippen LogP contribution in [0.4, 0.5) is 0 Å². The average molecular weight is 441 g/mol. The summed E-state index contributed by atoms with van der Waals surface area (Å²) in [6.07, 6.45) is 4.48. The smallest absolute Gasteiger partial charge is 0.161 e. The minimum Gasteiger partial charge on any atom is -0.493 e. The van der Waals surface area contributed by atoms with Gasteiger partial charge >= 0.3 is 0 Å². The second kappa shape index (κ2) is 10.0. The van der Waals surface area contributed by atoms with E-state index in [0.717, 1.165) is 62.0 Å². The summed E-state index contributed by atoms with van der Waals surface area (Å²) >= 11 is 0. The van der Waals surface area contributed by atoms with E-state index in [-0.39, 0.29) is 6.04 Å². The molecule has 0 bridgehead atoms. The van der Waals surface area contributed by atoms with Gasteiger partial charge in [0.05, 0.1) is 28.4 Å². The van der Waals surface area contributed by atoms with Crippen molar-refractivity contribution in [2.75, 3.05) is 55.1 Å². The largest absolute Gasteiger partial charge is 0.493 e. The maximum Gasteiger partial charge on any atom is 0.161 e. The number of benzene rings is 2. The topological polar surface area (TPSA) is 43.4 Å². The van der Waals surface area contributed by atoms with Crippen LogP contribution in [-0.4, -0.2) is 64.9 Å². The number of methoxy groups -OCH3 is 4. The first-order chi connectivity index (χ1) is 15.6. The Labute approximate surface area is 192 Å². The number of rotatable bonds is 8. The van der Waals surface area contributed by atoms with E-state index in [1.807, 2.05) is 0 Å². The fourth-order valence-electron chi connectivity index (χ4n) is 5.11. The summed E-state index contributed by atoms with van der Waals surface area (Å²) in [5.41, 5.74) is 5.30. The Hall–Kier alpha value is -2.44. The Kier molecular flexibility index (Phi) is 7.11. The highest BCUT2D eigenvalue weighted by molar-refractivity contribution is 5.51. The molecule has 32 heavy (non-hydrogen) atoms. The third-order valence-corrected chi connectivity index (χ3v) is 6.98. The van der Waals surface area contributed by atoms with Gasteiger partial charge in [-0.1, -0.05) is 0 Å². The zero-order chi connectivity index (χ0) is 22.7. The van der Waals surface area contributed by atoms with E-state index in [0.29, 0.717) is 0 Å². The lowest BCUT2D eigenvalue weighted by Gasteiger charge is -2.36. The first kappa shape index (κ1) is 22.7. The fraction of sp³-hybridized carbons (Fsp3) is 0.538. The summed E-state index contributed by atoms with van der Waals surface area (Å²) in [4.78, 5) is 4.99. The van der Waals surface area contributed by atoms with Crippen LogP contribution in [0.2, 0.25) is 0 Å². The molecule has 1 saturated heterocycles. The third kappa shape index (κ3) is 4.52. The highest BCUT2D eigenvalue weighted by atomic mass is 16.5. The van der Waals surface area contributed by atoms with Crippen molar-refractivity contribution in [2.45, 2.75) is 38.3 Å². The van der Waals surface area contributed by atoms with Crippen molar-refractivity contribution in [1.29, 1.82) is 0 Å². The van der Waals surface area contributed by atoms with Crippen molar-refractivity contribution < 1.29 is 18.9 Å². The van der Waals surface area contributed by atoms with Gasteiger partial charge < -0.3 is 18.9 Å². The number of hydrogen-bond donors (Lipinski definition) is 0. The van der Waals surface area contributed by atoms with E-state index >= 15 is 0 Å². The maximum absolute atomic E-state index is 5.67. The van der Waals surface area contributed by atoms with E-state index in [1.54, 1.807) is 28.4 Å². The van der Waals surface area contributed by atoms with Gasteiger partial charge in [-0.2, -0.15) is 0 Å². The SMILES string of the molecule is COc1cc(CC2c3cc(OC)c(OC)cc3CCN2C)c(CN2CCCC2)cc1OC. The van der Waals surface area contributed by atoms with Gasteiger partial charge in [0.1, 0.15) is 0 Å². The van der Waals surface area contributed by atoms with Crippen LogP contribution in [0.15, 0.2) is 24.3 Å². The lowest BCUT2D eigenvalue weighted by molar-refractivity contribution is 0.226. The zero-order valence-corrected chi connectivity index (χ0v) is 20.1. The standard InChI is InChI=1S/C26H36N2O4/c1-27-11-8-18-13-23(29-2)26(32-5)16-21(18)22(27)12-19-14-24(30-3)25(31-4)15-20(19)17-28-9-6-7-10-28/h13-16,22H,6-12,17H2,1-5H3. The predicted octanol–water partition coefficient (Wildman–Crippen LogP) is 4.09. The van der Waals surface area contributed by atoms with Crippen molar-refractivity contribution in [3.63, 3.8) is 0 Å². The molecule has 174 valence electrons. The van der Waals surface area contributed by atoms with Crippen molar-refractivity contribution in [3.8, 4) is 23.0 Å². The highest BCUT2D eigenvalue weighted by Gasteiger charge is 2.28. The third-order valence-electron chi connectivity index (χ3n) is 6.98. The van der Waals surface area contributed by atoms with Gasteiger partial charge in [0.2, 0.25) is 0 Å². The van der Waals surface area contributed by atoms with Gasteiger partial charge in [-0.15, -0.1) is 0 Å². The molecule has 6 heteroatoms. The Bertz CT molecular complexity index is 940. The molecule has 0 spiro atoms. The Morgan fingerprint density at radius 1 is 0.750 bits per heavy atom. The fourth-order valence-corrected chi connectivity index (χ4v) is 5.11. The molecule has 1 atom stereocenters. The molecule has 2 heterocycles. The minimum atomic E-state index is 0.258. The molecule has 0 N–H and O–H groups in total. The Morgan fingerprint density at radius 2 is 1.31 bits per heavy atom. The number of nitrogens with zero attached hydrogens (tertiary/aromatic N) is 2. The summed E-state index contributed by atoms with van der Waals surface area (Å²) in [6.45, 7) is 4.29. The highest BCUT2D eigenvalue weighted by Crippen LogP contribution is 2.40. The van der Waals surface area contributed by atoms with Crippen molar-refractivity contribution in [1.82, 2.24) is 9.80 Å². The van der Waals surface area contributed by atoms with Crippen molar-refractivity contribution in [3.05, 3.63) is 46.5 Å². The van der Waals surface area contributed by atoms with Crippen LogP contribution < -0.4 is 18.9 Å². The van der Waals surface area contributed by atoms with Gasteiger partial charge in [-0.05, 0) is 92.3 Å². The normalized spacial score (nSPS) is 19.0. The van der Waals surface area contributed by atoms with Crippen LogP contribution in [0.3, 0.4) is 0 Å². The number of ether oxygens (including phenoxy) is 4. The van der Waals surface area contributed by atoms with Crippen molar-refractivity contribution in [2.24, 2.45) is 0 Å². The second-order valence-electron chi connectivity index (χ2n) is 8.82. The van der Waals surface area contributed by atoms with Gasteiger partial charge in [-0.3, -0.25) is 9.80 Å². The first-order valence-corrected chi connectivity index (χ1v) is 11.5. The zero-order valence-electron chi connectivity index (χ0n) is 20.1. The van der Waals surface area contributed by atoms with Crippen LogP contribution in [0, 0.1) is 0 Å². The molecule has 4 rings (SSSR count). The average Bonchev–Trinajstić information content (AvgIpc) is 3.33. The molecule has 0 aromatic heterocycles. The molecular weight excluding hydrogens is 404 g/mol. The first-order valence-electron chi connectivity index (χ1n) is 11.5. The maximum atomic E-state index is 5.67. The Balaban J connectivity index is 1.72. The van der Waals surface area contributed by atoms with Crippen LogP contribution in [0.1, 0.15) is 41.1 Å². The van der Waals surface area contributed by atoms with Gasteiger partial charge in [0.25, 0.3) is 0 Å². The molecule has 2 aromatic rings. The van der Waals surface area contributed by atoms with Gasteiger partial charge in [-0.25, -0.2) is 0 Å². The predicted molar refractivity (Wildman–Crippen MR) is 126 cm³/mol. The van der Waals surface area contributed by atoms with E-state index in [9.17, 15) is 0 Å². The van der Waals surface area contributed by atoms with Crippen LogP contribution in [0.25, 0.3) is 0 Å². The van der Waals surface area contributed by atoms with E-state index in [4.69, 9.17) is 18.9 Å². The lowest BCUT2D eigenvalue weighted by atomic mass is 9.87. The van der Waals surface area contributed by atoms with Gasteiger partial charge in [0.15, 0.2) is 23.0 Å². The molecule has 6 nitrogen and oxygen atoms in total. The van der Waals surface area contributed by atoms with E-state index in [1.165, 1.54) is 35.1 Å². The number of hydrogen-bond acceptors (Lipinski definition) is 6. The number of likely N-dealkylation sites (N-methyl/N-ethyl adjacent to an activating group) is 1. The van der Waals surface area contributed by atoms with Crippen LogP contribution >= 0.6 is 0 Å². The van der Waals surface area contributed by atoms with E-state index < -0.39 is 0 Å².